The summed E-state index contributed by atoms with van der Waals surface area (Å²) in [7, 11) is 0. The maximum absolute atomic E-state index is 10.6. The minimum absolute atomic E-state index is 0.626. The van der Waals surface area contributed by atoms with Gasteiger partial charge in [-0.2, -0.15) is 0 Å². The molecule has 1 saturated carbocycles. The van der Waals surface area contributed by atoms with Crippen molar-refractivity contribution in [2.75, 3.05) is 0 Å². The summed E-state index contributed by atoms with van der Waals surface area (Å²) in [6, 6.07) is 1.85. The lowest BCUT2D eigenvalue weighted by Gasteiger charge is -2.35. The minimum Gasteiger partial charge on any atom is -0.465 e. The van der Waals surface area contributed by atoms with Crippen molar-refractivity contribution in [1.29, 1.82) is 0 Å². The van der Waals surface area contributed by atoms with Crippen LogP contribution in [0.1, 0.15) is 44.8 Å². The van der Waals surface area contributed by atoms with Gasteiger partial charge < -0.3 is 9.52 Å². The van der Waals surface area contributed by atoms with Crippen LogP contribution in [-0.2, 0) is 5.60 Å². The molecule has 0 aromatic carbocycles. The molecule has 3 heteroatoms. The van der Waals surface area contributed by atoms with Gasteiger partial charge in [-0.25, -0.2) is 0 Å². The zero-order chi connectivity index (χ0) is 10.9. The van der Waals surface area contributed by atoms with Crippen molar-refractivity contribution in [3.05, 3.63) is 22.6 Å². The highest BCUT2D eigenvalue weighted by Gasteiger charge is 2.39. The molecule has 0 aliphatic heterocycles. The maximum Gasteiger partial charge on any atom is 0.149 e. The summed E-state index contributed by atoms with van der Waals surface area (Å²) in [5.74, 6) is 1.33. The molecule has 1 heterocycles. The van der Waals surface area contributed by atoms with Crippen LogP contribution >= 0.6 is 15.9 Å². The summed E-state index contributed by atoms with van der Waals surface area (Å²) in [5, 5.41) is 10.6. The average Bonchev–Trinajstić information content (AvgIpc) is 2.65. The Labute approximate surface area is 98.8 Å². The van der Waals surface area contributed by atoms with Gasteiger partial charge in [0.15, 0.2) is 0 Å². The molecular weight excluding hydrogens is 256 g/mol. The van der Waals surface area contributed by atoms with Crippen LogP contribution in [0.5, 0.6) is 0 Å². The highest BCUT2D eigenvalue weighted by atomic mass is 79.9. The van der Waals surface area contributed by atoms with E-state index < -0.39 is 5.60 Å². The van der Waals surface area contributed by atoms with Crippen LogP contribution in [0.15, 0.2) is 21.2 Å². The van der Waals surface area contributed by atoms with Crippen molar-refractivity contribution in [1.82, 2.24) is 0 Å². The molecule has 1 aliphatic carbocycles. The number of halogens is 1. The van der Waals surface area contributed by atoms with E-state index in [1.54, 1.807) is 6.26 Å². The van der Waals surface area contributed by atoms with Crippen LogP contribution in [0, 0.1) is 5.92 Å². The van der Waals surface area contributed by atoms with Crippen LogP contribution in [0.25, 0.3) is 0 Å². The molecule has 2 atom stereocenters. The topological polar surface area (TPSA) is 33.4 Å². The molecule has 2 unspecified atom stereocenters. The Morgan fingerprint density at radius 2 is 2.47 bits per heavy atom. The van der Waals surface area contributed by atoms with E-state index in [0.29, 0.717) is 11.7 Å². The molecular formula is C12H17BrO2. The molecule has 0 radical (unpaired) electrons. The molecule has 15 heavy (non-hydrogen) atoms. The molecule has 1 aromatic rings. The third kappa shape index (κ3) is 2.13. The van der Waals surface area contributed by atoms with Crippen LogP contribution in [0.3, 0.4) is 0 Å². The van der Waals surface area contributed by atoms with Gasteiger partial charge in [0, 0.05) is 0 Å². The summed E-state index contributed by atoms with van der Waals surface area (Å²) in [6.45, 7) is 2.19. The van der Waals surface area contributed by atoms with E-state index in [4.69, 9.17) is 4.42 Å². The molecule has 2 nitrogen and oxygen atoms in total. The van der Waals surface area contributed by atoms with E-state index in [-0.39, 0.29) is 0 Å². The summed E-state index contributed by atoms with van der Waals surface area (Å²) < 4.78 is 6.29. The Balaban J connectivity index is 2.22. The van der Waals surface area contributed by atoms with Crippen molar-refractivity contribution in [2.24, 2.45) is 5.92 Å². The van der Waals surface area contributed by atoms with E-state index in [9.17, 15) is 5.11 Å². The fourth-order valence-electron chi connectivity index (χ4n) is 2.55. The van der Waals surface area contributed by atoms with Crippen molar-refractivity contribution < 1.29 is 9.52 Å². The van der Waals surface area contributed by atoms with Gasteiger partial charge in [-0.15, -0.1) is 0 Å². The van der Waals surface area contributed by atoms with E-state index in [0.717, 1.165) is 30.2 Å². The van der Waals surface area contributed by atoms with E-state index in [1.807, 2.05) is 6.07 Å². The number of aliphatic hydroxyl groups is 1. The second kappa shape index (κ2) is 4.30. The van der Waals surface area contributed by atoms with Gasteiger partial charge in [-0.3, -0.25) is 0 Å². The lowest BCUT2D eigenvalue weighted by atomic mass is 9.76. The minimum atomic E-state index is -0.749. The molecule has 84 valence electrons. The molecule has 1 fully saturated rings. The second-order valence-electron chi connectivity index (χ2n) is 4.50. The first-order chi connectivity index (χ1) is 7.15. The number of hydrogen-bond donors (Lipinski definition) is 1. The number of furan rings is 1. The zero-order valence-corrected chi connectivity index (χ0v) is 10.6. The first kappa shape index (κ1) is 11.2. The Kier molecular flexibility index (Phi) is 3.21. The molecule has 1 aromatic heterocycles. The van der Waals surface area contributed by atoms with Crippen LogP contribution in [0.2, 0.25) is 0 Å². The molecule has 1 N–H and O–H groups in total. The summed E-state index contributed by atoms with van der Waals surface area (Å²) in [6.07, 6.45) is 6.73. The molecule has 0 spiro atoms. The fraction of sp³-hybridized carbons (Fsp3) is 0.667. The van der Waals surface area contributed by atoms with Crippen molar-refractivity contribution >= 4 is 15.9 Å². The predicted molar refractivity (Wildman–Crippen MR) is 62.6 cm³/mol. The van der Waals surface area contributed by atoms with Crippen LogP contribution < -0.4 is 0 Å². The highest BCUT2D eigenvalue weighted by molar-refractivity contribution is 9.10. The smallest absolute Gasteiger partial charge is 0.149 e. The number of rotatable bonds is 2. The number of hydrogen-bond acceptors (Lipinski definition) is 2. The van der Waals surface area contributed by atoms with Gasteiger partial charge >= 0.3 is 0 Å². The quantitative estimate of drug-likeness (QED) is 0.888. The lowest BCUT2D eigenvalue weighted by Crippen LogP contribution is -2.32. The van der Waals surface area contributed by atoms with Gasteiger partial charge in [-0.05, 0) is 47.2 Å². The highest BCUT2D eigenvalue weighted by Crippen LogP contribution is 2.43. The second-order valence-corrected chi connectivity index (χ2v) is 5.35. The summed E-state index contributed by atoms with van der Waals surface area (Å²) in [4.78, 5) is 0. The van der Waals surface area contributed by atoms with Gasteiger partial charge in [0.1, 0.15) is 11.4 Å². The molecule has 0 amide bonds. The average molecular weight is 273 g/mol. The van der Waals surface area contributed by atoms with Gasteiger partial charge in [0.2, 0.25) is 0 Å². The first-order valence-corrected chi connectivity index (χ1v) is 6.41. The Bertz CT molecular complexity index is 334. The first-order valence-electron chi connectivity index (χ1n) is 5.61. The largest absolute Gasteiger partial charge is 0.465 e. The van der Waals surface area contributed by atoms with E-state index >= 15 is 0 Å². The molecule has 1 aliphatic rings. The van der Waals surface area contributed by atoms with E-state index in [2.05, 4.69) is 22.9 Å². The fourth-order valence-corrected chi connectivity index (χ4v) is 3.12. The van der Waals surface area contributed by atoms with Crippen LogP contribution in [0.4, 0.5) is 0 Å². The van der Waals surface area contributed by atoms with Crippen molar-refractivity contribution in [3.63, 3.8) is 0 Å². The summed E-state index contributed by atoms with van der Waals surface area (Å²) in [5.41, 5.74) is -0.749. The zero-order valence-electron chi connectivity index (χ0n) is 9.00. The van der Waals surface area contributed by atoms with Gasteiger partial charge in [-0.1, -0.05) is 19.8 Å². The lowest BCUT2D eigenvalue weighted by molar-refractivity contribution is -0.0397. The third-order valence-electron chi connectivity index (χ3n) is 3.45. The summed E-state index contributed by atoms with van der Waals surface area (Å²) >= 11 is 3.43. The van der Waals surface area contributed by atoms with Gasteiger partial charge in [0.25, 0.3) is 0 Å². The Morgan fingerprint density at radius 1 is 1.67 bits per heavy atom. The van der Waals surface area contributed by atoms with E-state index in [1.165, 1.54) is 6.42 Å². The monoisotopic (exact) mass is 272 g/mol. The normalized spacial score (nSPS) is 31.8. The SMILES string of the molecule is CCC1CCCC(O)(c2occc2Br)C1. The molecule has 0 saturated heterocycles. The Morgan fingerprint density at radius 3 is 3.07 bits per heavy atom. The maximum atomic E-state index is 10.6. The standard InChI is InChI=1S/C12H17BrO2/c1-2-9-4-3-6-12(14,8-9)11-10(13)5-7-15-11/h5,7,9,14H,2-4,6,8H2,1H3. The predicted octanol–water partition coefficient (Wildman–Crippen LogP) is 3.83. The third-order valence-corrected chi connectivity index (χ3v) is 4.07. The Hall–Kier alpha value is -0.280. The van der Waals surface area contributed by atoms with Crippen molar-refractivity contribution in [2.45, 2.75) is 44.6 Å². The van der Waals surface area contributed by atoms with Gasteiger partial charge in [0.05, 0.1) is 10.7 Å². The molecule has 0 bridgehead atoms. The molecule has 2 rings (SSSR count). The van der Waals surface area contributed by atoms with Crippen LogP contribution in [-0.4, -0.2) is 5.11 Å². The van der Waals surface area contributed by atoms with Crippen molar-refractivity contribution in [3.8, 4) is 0 Å².